The van der Waals surface area contributed by atoms with Gasteiger partial charge in [0, 0.05) is 6.61 Å². The van der Waals surface area contributed by atoms with Crippen molar-refractivity contribution in [3.05, 3.63) is 43.0 Å². The molecule has 0 aromatic heterocycles. The molecule has 5 heteroatoms. The number of para-hydroxylation sites is 1. The van der Waals surface area contributed by atoms with Gasteiger partial charge in [-0.25, -0.2) is 0 Å². The van der Waals surface area contributed by atoms with Gasteiger partial charge in [-0.05, 0) is 25.0 Å². The molecule has 1 amide bonds. The summed E-state index contributed by atoms with van der Waals surface area (Å²) in [5.41, 5.74) is 0. The zero-order valence-electron chi connectivity index (χ0n) is 13.2. The summed E-state index contributed by atoms with van der Waals surface area (Å²) >= 11 is 0. The van der Waals surface area contributed by atoms with Crippen LogP contribution in [0.4, 0.5) is 0 Å². The highest BCUT2D eigenvalue weighted by Crippen LogP contribution is 2.30. The van der Waals surface area contributed by atoms with Gasteiger partial charge in [-0.1, -0.05) is 24.3 Å². The molecule has 0 N–H and O–H groups in total. The first-order valence-electron chi connectivity index (χ1n) is 8.11. The Labute approximate surface area is 136 Å². The molecule has 3 atom stereocenters. The first kappa shape index (κ1) is 16.0. The minimum atomic E-state index is -0.0843. The summed E-state index contributed by atoms with van der Waals surface area (Å²) < 4.78 is 17.2. The van der Waals surface area contributed by atoms with E-state index in [1.807, 2.05) is 35.2 Å². The van der Waals surface area contributed by atoms with Crippen LogP contribution >= 0.6 is 0 Å². The summed E-state index contributed by atoms with van der Waals surface area (Å²) in [5.74, 6) is 0.690. The normalized spacial score (nSPS) is 26.6. The van der Waals surface area contributed by atoms with Gasteiger partial charge in [0.1, 0.15) is 18.0 Å². The Morgan fingerprint density at radius 2 is 2.22 bits per heavy atom. The average Bonchev–Trinajstić information content (AvgIpc) is 2.98. The van der Waals surface area contributed by atoms with E-state index in [9.17, 15) is 4.79 Å². The van der Waals surface area contributed by atoms with E-state index in [0.29, 0.717) is 18.9 Å². The fourth-order valence-corrected chi connectivity index (χ4v) is 3.28. The number of carbonyl (C=O) groups is 1. The van der Waals surface area contributed by atoms with Crippen molar-refractivity contribution in [2.24, 2.45) is 0 Å². The summed E-state index contributed by atoms with van der Waals surface area (Å²) in [6.07, 6.45) is 3.53. The molecule has 124 valence electrons. The van der Waals surface area contributed by atoms with Gasteiger partial charge in [0.25, 0.3) is 5.91 Å². The van der Waals surface area contributed by atoms with Crippen LogP contribution in [0.1, 0.15) is 12.8 Å². The van der Waals surface area contributed by atoms with Crippen LogP contribution in [-0.4, -0.2) is 55.4 Å². The molecule has 2 saturated heterocycles. The molecule has 2 fully saturated rings. The molecule has 0 bridgehead atoms. The number of hydrogen-bond acceptors (Lipinski definition) is 4. The Morgan fingerprint density at radius 1 is 1.39 bits per heavy atom. The highest BCUT2D eigenvalue weighted by Gasteiger charge is 2.46. The Balaban J connectivity index is 1.61. The van der Waals surface area contributed by atoms with Crippen LogP contribution in [0.15, 0.2) is 43.0 Å². The number of hydrogen-bond donors (Lipinski definition) is 0. The molecule has 5 nitrogen and oxygen atoms in total. The lowest BCUT2D eigenvalue weighted by molar-refractivity contribution is -0.136. The zero-order valence-corrected chi connectivity index (χ0v) is 13.2. The topological polar surface area (TPSA) is 48.0 Å². The van der Waals surface area contributed by atoms with Gasteiger partial charge in [-0.15, -0.1) is 6.58 Å². The van der Waals surface area contributed by atoms with E-state index in [-0.39, 0.29) is 30.8 Å². The van der Waals surface area contributed by atoms with Crippen molar-refractivity contribution in [3.63, 3.8) is 0 Å². The predicted molar refractivity (Wildman–Crippen MR) is 86.3 cm³/mol. The first-order valence-corrected chi connectivity index (χ1v) is 8.11. The SMILES string of the molecule is C=CCO[C@H]1CN(C(=O)COc2ccccc2)[C@@H]2CCCO[C@H]12. The zero-order chi connectivity index (χ0) is 16.1. The van der Waals surface area contributed by atoms with Gasteiger partial charge >= 0.3 is 0 Å². The van der Waals surface area contributed by atoms with Crippen LogP contribution in [0.3, 0.4) is 0 Å². The fraction of sp³-hybridized carbons (Fsp3) is 0.500. The number of carbonyl (C=O) groups excluding carboxylic acids is 1. The van der Waals surface area contributed by atoms with E-state index < -0.39 is 0 Å². The van der Waals surface area contributed by atoms with Gasteiger partial charge in [0.15, 0.2) is 6.61 Å². The molecule has 0 spiro atoms. The minimum Gasteiger partial charge on any atom is -0.484 e. The molecule has 2 aliphatic rings. The second-order valence-electron chi connectivity index (χ2n) is 5.85. The van der Waals surface area contributed by atoms with Crippen molar-refractivity contribution in [3.8, 4) is 5.75 Å². The molecule has 2 aliphatic heterocycles. The summed E-state index contributed by atoms with van der Waals surface area (Å²) in [6, 6.07) is 9.48. The van der Waals surface area contributed by atoms with Crippen LogP contribution in [0.5, 0.6) is 5.75 Å². The molecule has 3 rings (SSSR count). The average molecular weight is 317 g/mol. The highest BCUT2D eigenvalue weighted by molar-refractivity contribution is 5.78. The van der Waals surface area contributed by atoms with Crippen molar-refractivity contribution in [2.75, 3.05) is 26.4 Å². The maximum atomic E-state index is 12.6. The first-order chi connectivity index (χ1) is 11.3. The lowest BCUT2D eigenvalue weighted by Crippen LogP contribution is -2.45. The molecule has 0 saturated carbocycles. The second kappa shape index (κ2) is 7.62. The number of nitrogens with zero attached hydrogens (tertiary/aromatic N) is 1. The number of likely N-dealkylation sites (tertiary alicyclic amines) is 1. The lowest BCUT2D eigenvalue weighted by atomic mass is 10.0. The molecule has 1 aromatic rings. The Bertz CT molecular complexity index is 533. The molecular weight excluding hydrogens is 294 g/mol. The van der Waals surface area contributed by atoms with Crippen LogP contribution in [0, 0.1) is 0 Å². The van der Waals surface area contributed by atoms with Crippen molar-refractivity contribution in [1.29, 1.82) is 0 Å². The number of ether oxygens (including phenoxy) is 3. The van der Waals surface area contributed by atoms with Gasteiger partial charge in [0.05, 0.1) is 19.2 Å². The lowest BCUT2D eigenvalue weighted by Gasteiger charge is -2.32. The van der Waals surface area contributed by atoms with Crippen LogP contribution in [0.25, 0.3) is 0 Å². The summed E-state index contributed by atoms with van der Waals surface area (Å²) in [6.45, 7) is 5.48. The Morgan fingerprint density at radius 3 is 3.00 bits per heavy atom. The molecule has 1 aromatic carbocycles. The smallest absolute Gasteiger partial charge is 0.260 e. The Hall–Kier alpha value is -1.85. The predicted octanol–water partition coefficient (Wildman–Crippen LogP) is 2.03. The van der Waals surface area contributed by atoms with E-state index in [1.165, 1.54) is 0 Å². The second-order valence-corrected chi connectivity index (χ2v) is 5.85. The molecule has 0 unspecified atom stereocenters. The van der Waals surface area contributed by atoms with Gasteiger partial charge in [-0.2, -0.15) is 0 Å². The van der Waals surface area contributed by atoms with Crippen LogP contribution in [0.2, 0.25) is 0 Å². The van der Waals surface area contributed by atoms with Gasteiger partial charge < -0.3 is 19.1 Å². The van der Waals surface area contributed by atoms with Crippen LogP contribution in [-0.2, 0) is 14.3 Å². The number of fused-ring (bicyclic) bond motifs is 1. The van der Waals surface area contributed by atoms with Crippen LogP contribution < -0.4 is 4.74 Å². The third-order valence-corrected chi connectivity index (χ3v) is 4.33. The van der Waals surface area contributed by atoms with E-state index in [1.54, 1.807) is 6.08 Å². The van der Waals surface area contributed by atoms with Crippen molar-refractivity contribution in [1.82, 2.24) is 4.90 Å². The number of rotatable bonds is 6. The quantitative estimate of drug-likeness (QED) is 0.753. The van der Waals surface area contributed by atoms with Gasteiger partial charge in [0.2, 0.25) is 0 Å². The maximum Gasteiger partial charge on any atom is 0.260 e. The summed E-state index contributed by atoms with van der Waals surface area (Å²) in [4.78, 5) is 14.4. The largest absolute Gasteiger partial charge is 0.484 e. The van der Waals surface area contributed by atoms with E-state index in [4.69, 9.17) is 14.2 Å². The van der Waals surface area contributed by atoms with Crippen molar-refractivity contribution >= 4 is 5.91 Å². The maximum absolute atomic E-state index is 12.6. The number of benzene rings is 1. The monoisotopic (exact) mass is 317 g/mol. The summed E-state index contributed by atoms with van der Waals surface area (Å²) in [7, 11) is 0. The molecule has 23 heavy (non-hydrogen) atoms. The van der Waals surface area contributed by atoms with E-state index in [0.717, 1.165) is 19.4 Å². The molecule has 0 aliphatic carbocycles. The molecular formula is C18H23NO4. The summed E-state index contributed by atoms with van der Waals surface area (Å²) in [5, 5.41) is 0. The van der Waals surface area contributed by atoms with Crippen molar-refractivity contribution < 1.29 is 19.0 Å². The standard InChI is InChI=1S/C18H23NO4/c1-2-10-21-16-12-19(15-9-6-11-22-18(15)16)17(20)13-23-14-7-4-3-5-8-14/h2-5,7-8,15-16,18H,1,6,9-13H2/t15-,16+,18+/m1/s1. The third kappa shape index (κ3) is 3.74. The Kier molecular flexibility index (Phi) is 5.31. The van der Waals surface area contributed by atoms with Crippen molar-refractivity contribution in [2.45, 2.75) is 31.1 Å². The van der Waals surface area contributed by atoms with E-state index in [2.05, 4.69) is 6.58 Å². The molecule has 2 heterocycles. The minimum absolute atomic E-state index is 0.0148. The fourth-order valence-electron chi connectivity index (χ4n) is 3.28. The highest BCUT2D eigenvalue weighted by atomic mass is 16.5. The molecule has 0 radical (unpaired) electrons. The number of amides is 1. The third-order valence-electron chi connectivity index (χ3n) is 4.33. The van der Waals surface area contributed by atoms with E-state index >= 15 is 0 Å². The van der Waals surface area contributed by atoms with Gasteiger partial charge in [-0.3, -0.25) is 4.79 Å².